The first kappa shape index (κ1) is 8.98. The second-order valence-electron chi connectivity index (χ2n) is 2.90. The third-order valence-electron chi connectivity index (χ3n) is 1.86. The maximum absolute atomic E-state index is 12.2. The van der Waals surface area contributed by atoms with E-state index in [1.54, 1.807) is 0 Å². The number of halogens is 3. The van der Waals surface area contributed by atoms with Crippen LogP contribution >= 0.6 is 11.6 Å². The van der Waals surface area contributed by atoms with Gasteiger partial charge < -0.3 is 0 Å². The maximum Gasteiger partial charge on any atom is 0.341 e. The van der Waals surface area contributed by atoms with Crippen LogP contribution in [0, 0.1) is 0 Å². The van der Waals surface area contributed by atoms with Gasteiger partial charge >= 0.3 is 5.38 Å². The molecule has 0 aromatic heterocycles. The average Bonchev–Trinajstić information content (AvgIpc) is 1.85. The van der Waals surface area contributed by atoms with E-state index in [1.807, 2.05) is 0 Å². The lowest BCUT2D eigenvalue weighted by Crippen LogP contribution is -2.04. The van der Waals surface area contributed by atoms with Crippen LogP contribution in [-0.4, -0.2) is 5.38 Å². The van der Waals surface area contributed by atoms with E-state index >= 15 is 0 Å². The van der Waals surface area contributed by atoms with E-state index in [9.17, 15) is 8.78 Å². The van der Waals surface area contributed by atoms with Crippen molar-refractivity contribution in [3.63, 3.8) is 0 Å². The molecule has 0 heterocycles. The molecule has 0 aliphatic heterocycles. The lowest BCUT2D eigenvalue weighted by molar-refractivity contribution is 0.151. The minimum Gasteiger partial charge on any atom is -0.184 e. The molecule has 64 valence electrons. The van der Waals surface area contributed by atoms with Gasteiger partial charge in [-0.25, -0.2) is 0 Å². The zero-order valence-corrected chi connectivity index (χ0v) is 7.00. The van der Waals surface area contributed by atoms with Crippen LogP contribution in [0.2, 0.25) is 0 Å². The highest BCUT2D eigenvalue weighted by molar-refractivity contribution is 6.22. The summed E-state index contributed by atoms with van der Waals surface area (Å²) in [5.41, 5.74) is 0.816. The zero-order chi connectivity index (χ0) is 8.32. The fraction of sp³-hybridized carbons (Fsp3) is 0.750. The highest BCUT2D eigenvalue weighted by Crippen LogP contribution is 2.29. The number of alkyl halides is 3. The van der Waals surface area contributed by atoms with Crippen molar-refractivity contribution in [1.29, 1.82) is 0 Å². The van der Waals surface area contributed by atoms with Crippen molar-refractivity contribution < 1.29 is 8.78 Å². The van der Waals surface area contributed by atoms with Gasteiger partial charge in [0.15, 0.2) is 0 Å². The quantitative estimate of drug-likeness (QED) is 0.426. The molecule has 0 unspecified atom stereocenters. The van der Waals surface area contributed by atoms with Crippen LogP contribution in [0.4, 0.5) is 8.78 Å². The molecule has 1 saturated carbocycles. The Hall–Kier alpha value is -0.110. The molecule has 1 rings (SSSR count). The Morgan fingerprint density at radius 2 is 1.73 bits per heavy atom. The molecule has 0 spiro atoms. The molecule has 11 heavy (non-hydrogen) atoms. The third kappa shape index (κ3) is 3.71. The third-order valence-corrected chi connectivity index (χ3v) is 1.97. The monoisotopic (exact) mass is 180 g/mol. The van der Waals surface area contributed by atoms with E-state index in [1.165, 1.54) is 0 Å². The van der Waals surface area contributed by atoms with Crippen LogP contribution in [-0.2, 0) is 0 Å². The summed E-state index contributed by atoms with van der Waals surface area (Å²) in [4.78, 5) is 0. The van der Waals surface area contributed by atoms with Gasteiger partial charge in [-0.2, -0.15) is 8.78 Å². The minimum absolute atomic E-state index is 0.794. The first-order valence-electron chi connectivity index (χ1n) is 3.85. The fourth-order valence-electron chi connectivity index (χ4n) is 1.38. The molecule has 1 aliphatic rings. The number of hydrogen-bond acceptors (Lipinski definition) is 0. The molecule has 0 radical (unpaired) electrons. The number of rotatable bonds is 1. The fourth-order valence-corrected chi connectivity index (χ4v) is 1.54. The molecular formula is C8H11ClF2. The van der Waals surface area contributed by atoms with Crippen molar-refractivity contribution in [2.45, 2.75) is 37.5 Å². The van der Waals surface area contributed by atoms with Crippen LogP contribution in [0.5, 0.6) is 0 Å². The van der Waals surface area contributed by atoms with Crippen LogP contribution in [0.25, 0.3) is 0 Å². The summed E-state index contributed by atoms with van der Waals surface area (Å²) in [6, 6.07) is 0. The Morgan fingerprint density at radius 3 is 2.18 bits per heavy atom. The van der Waals surface area contributed by atoms with Crippen LogP contribution in [0.1, 0.15) is 32.1 Å². The van der Waals surface area contributed by atoms with E-state index < -0.39 is 5.38 Å². The summed E-state index contributed by atoms with van der Waals surface area (Å²) < 4.78 is 24.4. The molecule has 0 saturated heterocycles. The molecular weight excluding hydrogens is 170 g/mol. The standard InChI is InChI=1S/C8H11ClF2/c9-8(10,11)6-7-4-2-1-3-5-7/h6H,1-5H2. The molecule has 3 heteroatoms. The molecule has 0 bridgehead atoms. The van der Waals surface area contributed by atoms with E-state index in [0.717, 1.165) is 43.8 Å². The highest BCUT2D eigenvalue weighted by Gasteiger charge is 2.22. The molecule has 0 aromatic rings. The summed E-state index contributed by atoms with van der Waals surface area (Å²) in [7, 11) is 0. The van der Waals surface area contributed by atoms with E-state index in [4.69, 9.17) is 11.6 Å². The van der Waals surface area contributed by atoms with Crippen LogP contribution in [0.15, 0.2) is 11.6 Å². The lowest BCUT2D eigenvalue weighted by atomic mass is 9.95. The predicted molar refractivity (Wildman–Crippen MR) is 42.0 cm³/mol. The Labute approximate surface area is 70.2 Å². The van der Waals surface area contributed by atoms with Crippen molar-refractivity contribution in [3.8, 4) is 0 Å². The van der Waals surface area contributed by atoms with Crippen LogP contribution < -0.4 is 0 Å². The normalized spacial score (nSPS) is 20.1. The van der Waals surface area contributed by atoms with E-state index in [2.05, 4.69) is 0 Å². The number of hydrogen-bond donors (Lipinski definition) is 0. The van der Waals surface area contributed by atoms with Crippen molar-refractivity contribution >= 4 is 11.6 Å². The topological polar surface area (TPSA) is 0 Å². The lowest BCUT2D eigenvalue weighted by Gasteiger charge is -2.14. The van der Waals surface area contributed by atoms with E-state index in [-0.39, 0.29) is 0 Å². The first-order valence-corrected chi connectivity index (χ1v) is 4.23. The maximum atomic E-state index is 12.2. The summed E-state index contributed by atoms with van der Waals surface area (Å²) >= 11 is 4.76. The SMILES string of the molecule is FC(F)(Cl)C=C1CCCCC1. The molecule has 0 N–H and O–H groups in total. The van der Waals surface area contributed by atoms with Gasteiger partial charge in [-0.05, 0) is 43.4 Å². The summed E-state index contributed by atoms with van der Waals surface area (Å²) in [5, 5.41) is -3.13. The molecule has 0 atom stereocenters. The van der Waals surface area contributed by atoms with Gasteiger partial charge in [-0.3, -0.25) is 0 Å². The van der Waals surface area contributed by atoms with Gasteiger partial charge in [0.25, 0.3) is 0 Å². The summed E-state index contributed by atoms with van der Waals surface area (Å²) in [6.45, 7) is 0. The van der Waals surface area contributed by atoms with Gasteiger partial charge in [-0.1, -0.05) is 12.0 Å². The van der Waals surface area contributed by atoms with Crippen molar-refractivity contribution in [2.75, 3.05) is 0 Å². The van der Waals surface area contributed by atoms with Gasteiger partial charge in [0.1, 0.15) is 0 Å². The second kappa shape index (κ2) is 3.53. The largest absolute Gasteiger partial charge is 0.341 e. The molecule has 0 amide bonds. The Bertz CT molecular complexity index is 150. The van der Waals surface area contributed by atoms with Gasteiger partial charge in [-0.15, -0.1) is 0 Å². The highest BCUT2D eigenvalue weighted by atomic mass is 35.5. The zero-order valence-electron chi connectivity index (χ0n) is 6.25. The molecule has 0 nitrogen and oxygen atoms in total. The second-order valence-corrected chi connectivity index (χ2v) is 3.41. The molecule has 1 fully saturated rings. The van der Waals surface area contributed by atoms with Gasteiger partial charge in [0, 0.05) is 0 Å². The van der Waals surface area contributed by atoms with Crippen molar-refractivity contribution in [2.24, 2.45) is 0 Å². The van der Waals surface area contributed by atoms with Gasteiger partial charge in [0.2, 0.25) is 0 Å². The molecule has 0 aromatic carbocycles. The Kier molecular flexibility index (Phi) is 2.88. The first-order chi connectivity index (χ1) is 5.08. The summed E-state index contributed by atoms with van der Waals surface area (Å²) in [6.07, 6.45) is 5.70. The average molecular weight is 181 g/mol. The smallest absolute Gasteiger partial charge is 0.184 e. The summed E-state index contributed by atoms with van der Waals surface area (Å²) in [5.74, 6) is 0. The minimum atomic E-state index is -3.13. The van der Waals surface area contributed by atoms with E-state index in [0.29, 0.717) is 0 Å². The number of allylic oxidation sites excluding steroid dienone is 2. The Morgan fingerprint density at radius 1 is 1.18 bits per heavy atom. The Balaban J connectivity index is 2.50. The molecule has 1 aliphatic carbocycles. The van der Waals surface area contributed by atoms with Crippen LogP contribution in [0.3, 0.4) is 0 Å². The van der Waals surface area contributed by atoms with Gasteiger partial charge in [0.05, 0.1) is 0 Å². The predicted octanol–water partition coefficient (Wildman–Crippen LogP) is 3.71. The van der Waals surface area contributed by atoms with Crippen molar-refractivity contribution in [1.82, 2.24) is 0 Å². The van der Waals surface area contributed by atoms with Crippen molar-refractivity contribution in [3.05, 3.63) is 11.6 Å².